The molecule has 0 spiro atoms. The lowest BCUT2D eigenvalue weighted by Crippen LogP contribution is -2.21. The van der Waals surface area contributed by atoms with E-state index in [1.807, 2.05) is 0 Å². The number of hydrogen-bond acceptors (Lipinski definition) is 4. The Balaban J connectivity index is 1.71. The molecule has 2 amide bonds. The maximum Gasteiger partial charge on any atom is 0.416 e. The fourth-order valence-electron chi connectivity index (χ4n) is 2.58. The van der Waals surface area contributed by atoms with Crippen molar-refractivity contribution in [2.45, 2.75) is 31.6 Å². The Labute approximate surface area is 183 Å². The molecule has 2 N–H and O–H groups in total. The summed E-state index contributed by atoms with van der Waals surface area (Å²) in [4.78, 5) is 35.3. The zero-order valence-electron chi connectivity index (χ0n) is 16.8. The van der Waals surface area contributed by atoms with E-state index < -0.39 is 47.9 Å². The van der Waals surface area contributed by atoms with Crippen molar-refractivity contribution in [2.24, 2.45) is 0 Å². The highest BCUT2D eigenvalue weighted by atomic mass is 19.4. The number of hydrogen-bond donors (Lipinski definition) is 2. The Hall–Kier alpha value is -3.57. The van der Waals surface area contributed by atoms with Crippen molar-refractivity contribution in [3.05, 3.63) is 59.7 Å². The number of nitrogens with one attached hydrogen (secondary N) is 2. The van der Waals surface area contributed by atoms with Crippen LogP contribution in [0.3, 0.4) is 0 Å². The van der Waals surface area contributed by atoms with E-state index in [-0.39, 0.29) is 30.6 Å². The van der Waals surface area contributed by atoms with Crippen LogP contribution in [-0.2, 0) is 31.5 Å². The highest BCUT2D eigenvalue weighted by Gasteiger charge is 2.31. The van der Waals surface area contributed by atoms with E-state index in [2.05, 4.69) is 10.6 Å². The molecule has 0 saturated heterocycles. The summed E-state index contributed by atoms with van der Waals surface area (Å²) in [5, 5.41) is 4.45. The molecule has 0 aliphatic carbocycles. The Morgan fingerprint density at radius 2 is 1.21 bits per heavy atom. The summed E-state index contributed by atoms with van der Waals surface area (Å²) in [7, 11) is 0. The van der Waals surface area contributed by atoms with Crippen LogP contribution in [0.15, 0.2) is 48.5 Å². The van der Waals surface area contributed by atoms with Crippen LogP contribution in [0.5, 0.6) is 0 Å². The minimum Gasteiger partial charge on any atom is -0.456 e. The summed E-state index contributed by atoms with van der Waals surface area (Å²) in [6.45, 7) is -0.745. The first-order valence-electron chi connectivity index (χ1n) is 9.44. The molecule has 6 nitrogen and oxygen atoms in total. The minimum absolute atomic E-state index is 0.00112. The van der Waals surface area contributed by atoms with Gasteiger partial charge in [-0.05, 0) is 42.8 Å². The lowest BCUT2D eigenvalue weighted by atomic mass is 10.2. The molecule has 0 saturated carbocycles. The van der Waals surface area contributed by atoms with Gasteiger partial charge in [0.25, 0.3) is 5.91 Å². The molecule has 0 heterocycles. The smallest absolute Gasteiger partial charge is 0.416 e. The average molecular weight is 476 g/mol. The van der Waals surface area contributed by atoms with Gasteiger partial charge in [0.1, 0.15) is 0 Å². The fraction of sp³-hybridized carbons (Fsp3) is 0.286. The molecule has 0 aliphatic rings. The van der Waals surface area contributed by atoms with E-state index in [4.69, 9.17) is 4.74 Å². The van der Waals surface area contributed by atoms with E-state index in [0.29, 0.717) is 0 Å². The summed E-state index contributed by atoms with van der Waals surface area (Å²) < 4.78 is 80.7. The second-order valence-electron chi connectivity index (χ2n) is 6.77. The molecule has 33 heavy (non-hydrogen) atoms. The second kappa shape index (κ2) is 10.8. The third kappa shape index (κ3) is 8.83. The molecule has 12 heteroatoms. The largest absolute Gasteiger partial charge is 0.456 e. The van der Waals surface area contributed by atoms with Gasteiger partial charge in [0, 0.05) is 24.2 Å². The second-order valence-corrected chi connectivity index (χ2v) is 6.77. The van der Waals surface area contributed by atoms with Crippen molar-refractivity contribution in [3.63, 3.8) is 0 Å². The van der Waals surface area contributed by atoms with Crippen molar-refractivity contribution >= 4 is 29.2 Å². The van der Waals surface area contributed by atoms with E-state index >= 15 is 0 Å². The van der Waals surface area contributed by atoms with Crippen LogP contribution >= 0.6 is 0 Å². The molecule has 2 rings (SSSR count). The van der Waals surface area contributed by atoms with Gasteiger partial charge in [0.2, 0.25) is 5.91 Å². The Morgan fingerprint density at radius 1 is 0.727 bits per heavy atom. The number of anilines is 2. The molecule has 2 aromatic carbocycles. The average Bonchev–Trinajstić information content (AvgIpc) is 2.71. The molecular formula is C21H18F6N2O4. The first kappa shape index (κ1) is 25.7. The van der Waals surface area contributed by atoms with E-state index in [9.17, 15) is 40.7 Å². The number of esters is 1. The van der Waals surface area contributed by atoms with Gasteiger partial charge in [-0.3, -0.25) is 14.4 Å². The van der Waals surface area contributed by atoms with Crippen LogP contribution in [0.4, 0.5) is 37.7 Å². The third-order valence-corrected chi connectivity index (χ3v) is 4.10. The number of alkyl halides is 6. The van der Waals surface area contributed by atoms with E-state index in [1.54, 1.807) is 0 Å². The minimum atomic E-state index is -4.58. The zero-order chi connectivity index (χ0) is 24.6. The van der Waals surface area contributed by atoms with Gasteiger partial charge >= 0.3 is 18.3 Å². The number of carbonyl (C=O) groups excluding carboxylic acids is 3. The summed E-state index contributed by atoms with van der Waals surface area (Å²) >= 11 is 0. The SMILES string of the molecule is O=C(CCCC(=O)OCC(=O)Nc1cccc(C(F)(F)F)c1)Nc1cccc(C(F)(F)F)c1. The van der Waals surface area contributed by atoms with Gasteiger partial charge in [-0.25, -0.2) is 0 Å². The molecule has 178 valence electrons. The van der Waals surface area contributed by atoms with Crippen LogP contribution in [-0.4, -0.2) is 24.4 Å². The van der Waals surface area contributed by atoms with Crippen molar-refractivity contribution in [1.29, 1.82) is 0 Å². The van der Waals surface area contributed by atoms with Gasteiger partial charge < -0.3 is 15.4 Å². The fourth-order valence-corrected chi connectivity index (χ4v) is 2.58. The molecule has 0 radical (unpaired) electrons. The van der Waals surface area contributed by atoms with Crippen LogP contribution in [0, 0.1) is 0 Å². The van der Waals surface area contributed by atoms with Gasteiger partial charge in [-0.1, -0.05) is 12.1 Å². The van der Waals surface area contributed by atoms with Crippen molar-refractivity contribution in [1.82, 2.24) is 0 Å². The lowest BCUT2D eigenvalue weighted by Gasteiger charge is -2.10. The monoisotopic (exact) mass is 476 g/mol. The van der Waals surface area contributed by atoms with Gasteiger partial charge in [0.05, 0.1) is 11.1 Å². The van der Waals surface area contributed by atoms with Gasteiger partial charge in [-0.2, -0.15) is 26.3 Å². The Kier molecular flexibility index (Phi) is 8.44. The molecule has 0 aliphatic heterocycles. The third-order valence-electron chi connectivity index (χ3n) is 4.10. The molecule has 0 unspecified atom stereocenters. The normalized spacial score (nSPS) is 11.6. The highest BCUT2D eigenvalue weighted by molar-refractivity contribution is 5.93. The number of benzene rings is 2. The van der Waals surface area contributed by atoms with Crippen LogP contribution in [0.1, 0.15) is 30.4 Å². The highest BCUT2D eigenvalue weighted by Crippen LogP contribution is 2.31. The first-order chi connectivity index (χ1) is 15.3. The summed E-state index contributed by atoms with van der Waals surface area (Å²) in [6, 6.07) is 7.95. The van der Waals surface area contributed by atoms with Gasteiger partial charge in [0.15, 0.2) is 6.61 Å². The topological polar surface area (TPSA) is 84.5 Å². The molecule has 0 atom stereocenters. The first-order valence-corrected chi connectivity index (χ1v) is 9.44. The Morgan fingerprint density at radius 3 is 1.70 bits per heavy atom. The van der Waals surface area contributed by atoms with Crippen molar-refractivity contribution in [2.75, 3.05) is 17.2 Å². The van der Waals surface area contributed by atoms with Crippen LogP contribution < -0.4 is 10.6 Å². The standard InChI is InChI=1S/C21H18F6N2O4/c22-20(23,24)13-4-1-6-15(10-13)28-17(30)8-3-9-19(32)33-12-18(31)29-16-7-2-5-14(11-16)21(25,26)27/h1-2,4-7,10-11H,3,8-9,12H2,(H,28,30)(H,29,31). The quantitative estimate of drug-likeness (QED) is 0.414. The maximum absolute atomic E-state index is 12.7. The van der Waals surface area contributed by atoms with E-state index in [0.717, 1.165) is 36.4 Å². The van der Waals surface area contributed by atoms with Crippen molar-refractivity contribution < 1.29 is 45.5 Å². The number of carbonyl (C=O) groups is 3. The predicted molar refractivity (Wildman–Crippen MR) is 105 cm³/mol. The Bertz CT molecular complexity index is 1000. The predicted octanol–water partition coefficient (Wildman–Crippen LogP) is 5.01. The molecular weight excluding hydrogens is 458 g/mol. The zero-order valence-corrected chi connectivity index (χ0v) is 16.8. The summed E-state index contributed by atoms with van der Waals surface area (Å²) in [6.07, 6.45) is -9.59. The number of rotatable bonds is 8. The van der Waals surface area contributed by atoms with E-state index in [1.165, 1.54) is 12.1 Å². The number of amides is 2. The lowest BCUT2D eigenvalue weighted by molar-refractivity contribution is -0.147. The maximum atomic E-state index is 12.7. The summed E-state index contributed by atoms with van der Waals surface area (Å²) in [5.74, 6) is -2.31. The molecule has 2 aromatic rings. The molecule has 0 aromatic heterocycles. The van der Waals surface area contributed by atoms with Gasteiger partial charge in [-0.15, -0.1) is 0 Å². The number of ether oxygens (including phenoxy) is 1. The van der Waals surface area contributed by atoms with Crippen LogP contribution in [0.2, 0.25) is 0 Å². The van der Waals surface area contributed by atoms with Crippen molar-refractivity contribution in [3.8, 4) is 0 Å². The number of halogens is 6. The molecule has 0 fully saturated rings. The summed E-state index contributed by atoms with van der Waals surface area (Å²) in [5.41, 5.74) is -2.06. The van der Waals surface area contributed by atoms with Crippen LogP contribution in [0.25, 0.3) is 0 Å². The molecule has 0 bridgehead atoms.